The van der Waals surface area contributed by atoms with E-state index in [1.54, 1.807) is 40.0 Å². The number of pyridine rings is 1. The first-order valence-corrected chi connectivity index (χ1v) is 7.02. The monoisotopic (exact) mass is 379 g/mol. The van der Waals surface area contributed by atoms with Crippen molar-refractivity contribution in [3.05, 3.63) is 21.3 Å². The van der Waals surface area contributed by atoms with Gasteiger partial charge in [-0.2, -0.15) is 0 Å². The van der Waals surface area contributed by atoms with Crippen LogP contribution in [0.4, 0.5) is 0 Å². The van der Waals surface area contributed by atoms with Crippen LogP contribution in [0.5, 0.6) is 0 Å². The smallest absolute Gasteiger partial charge is 0.423 e. The molecule has 0 bridgehead atoms. The molecule has 0 fully saturated rings. The molecule has 2 N–H and O–H groups in total. The van der Waals surface area contributed by atoms with Crippen LogP contribution < -0.4 is 5.46 Å². The second kappa shape index (κ2) is 5.59. The molecule has 0 atom stereocenters. The van der Waals surface area contributed by atoms with Crippen LogP contribution in [0.3, 0.4) is 0 Å². The maximum absolute atomic E-state index is 10.1. The van der Waals surface area contributed by atoms with Gasteiger partial charge < -0.3 is 14.8 Å². The van der Waals surface area contributed by atoms with Crippen LogP contribution in [0.15, 0.2) is 21.3 Å². The highest BCUT2D eigenvalue weighted by Crippen LogP contribution is 2.25. The van der Waals surface area contributed by atoms with E-state index in [2.05, 4.69) is 36.8 Å². The third kappa shape index (κ3) is 3.77. The fourth-order valence-electron chi connectivity index (χ4n) is 1.10. The Hall–Kier alpha value is 0.0549. The Morgan fingerprint density at radius 2 is 1.83 bits per heavy atom. The van der Waals surface area contributed by atoms with E-state index in [1.807, 2.05) is 0 Å². The molecule has 0 amide bonds. The molecule has 0 aliphatic rings. The number of halogens is 2. The first-order valence-electron chi connectivity index (χ1n) is 5.44. The maximum atomic E-state index is 10.1. The molecule has 0 saturated carbocycles. The number of aromatic nitrogens is 1. The highest BCUT2D eigenvalue weighted by atomic mass is 79.9. The minimum absolute atomic E-state index is 0.550. The van der Waals surface area contributed by atoms with Gasteiger partial charge in [-0.25, -0.2) is 4.98 Å². The van der Waals surface area contributed by atoms with Crippen LogP contribution in [-0.4, -0.2) is 33.4 Å². The van der Waals surface area contributed by atoms with E-state index in [-0.39, 0.29) is 0 Å². The maximum Gasteiger partial charge on any atom is 0.492 e. The van der Waals surface area contributed by atoms with E-state index >= 15 is 0 Å². The molecule has 1 rings (SSSR count). The van der Waals surface area contributed by atoms with Crippen LogP contribution in [0.25, 0.3) is 0 Å². The van der Waals surface area contributed by atoms with Crippen LogP contribution in [0.1, 0.15) is 27.7 Å². The summed E-state index contributed by atoms with van der Waals surface area (Å²) in [6, 6.07) is 1.66. The summed E-state index contributed by atoms with van der Waals surface area (Å²) in [5.74, 6) is 0. The van der Waals surface area contributed by atoms with Gasteiger partial charge in [0, 0.05) is 16.1 Å². The zero-order valence-corrected chi connectivity index (χ0v) is 13.9. The van der Waals surface area contributed by atoms with Crippen molar-refractivity contribution in [1.29, 1.82) is 0 Å². The van der Waals surface area contributed by atoms with Gasteiger partial charge >= 0.3 is 7.12 Å². The highest BCUT2D eigenvalue weighted by Gasteiger charge is 2.40. The minimum Gasteiger partial charge on any atom is -0.423 e. The van der Waals surface area contributed by atoms with Gasteiger partial charge in [0.2, 0.25) is 0 Å². The topological polar surface area (TPSA) is 62.6 Å². The lowest BCUT2D eigenvalue weighted by atomic mass is 9.77. The van der Waals surface area contributed by atoms with Gasteiger partial charge in [-0.3, -0.25) is 0 Å². The molecule has 0 aliphatic carbocycles. The van der Waals surface area contributed by atoms with Gasteiger partial charge in [-0.15, -0.1) is 0 Å². The van der Waals surface area contributed by atoms with Gasteiger partial charge in [0.25, 0.3) is 0 Å². The van der Waals surface area contributed by atoms with E-state index in [0.717, 1.165) is 0 Å². The summed E-state index contributed by atoms with van der Waals surface area (Å²) >= 11 is 6.54. The zero-order valence-electron chi connectivity index (χ0n) is 10.7. The van der Waals surface area contributed by atoms with Gasteiger partial charge in [-0.1, -0.05) is 0 Å². The van der Waals surface area contributed by atoms with E-state index < -0.39 is 18.3 Å². The van der Waals surface area contributed by atoms with Crippen LogP contribution >= 0.6 is 31.9 Å². The molecule has 0 spiro atoms. The van der Waals surface area contributed by atoms with Crippen molar-refractivity contribution in [3.63, 3.8) is 0 Å². The average Bonchev–Trinajstić information content (AvgIpc) is 2.19. The Bertz CT molecular complexity index is 435. The van der Waals surface area contributed by atoms with Crippen molar-refractivity contribution in [2.75, 3.05) is 0 Å². The predicted octanol–water partition coefficient (Wildman–Crippen LogP) is 1.86. The summed E-state index contributed by atoms with van der Waals surface area (Å²) in [7, 11) is -1.15. The summed E-state index contributed by atoms with van der Waals surface area (Å²) in [5, 5.41) is 20.1. The number of hydrogen-bond acceptors (Lipinski definition) is 4. The van der Waals surface area contributed by atoms with Crippen molar-refractivity contribution in [2.24, 2.45) is 0 Å². The molecule has 1 aromatic rings. The highest BCUT2D eigenvalue weighted by molar-refractivity contribution is 9.11. The lowest BCUT2D eigenvalue weighted by molar-refractivity contribution is -0.0982. The van der Waals surface area contributed by atoms with Gasteiger partial charge in [0.15, 0.2) is 0 Å². The second-order valence-corrected chi connectivity index (χ2v) is 6.73. The summed E-state index contributed by atoms with van der Waals surface area (Å²) in [4.78, 5) is 4.02. The molecule has 0 unspecified atom stereocenters. The van der Waals surface area contributed by atoms with Crippen LogP contribution in [0, 0.1) is 0 Å². The van der Waals surface area contributed by atoms with Crippen LogP contribution in [-0.2, 0) is 4.65 Å². The van der Waals surface area contributed by atoms with Crippen molar-refractivity contribution in [2.45, 2.75) is 38.9 Å². The largest absolute Gasteiger partial charge is 0.492 e. The summed E-state index contributed by atoms with van der Waals surface area (Å²) in [5.41, 5.74) is -1.43. The molecule has 18 heavy (non-hydrogen) atoms. The Morgan fingerprint density at radius 1 is 1.28 bits per heavy atom. The average molecular weight is 381 g/mol. The molecule has 0 saturated heterocycles. The van der Waals surface area contributed by atoms with Gasteiger partial charge in [0.05, 0.1) is 11.2 Å². The van der Waals surface area contributed by atoms with Gasteiger partial charge in [-0.05, 0) is 65.6 Å². The van der Waals surface area contributed by atoms with Crippen molar-refractivity contribution < 1.29 is 14.8 Å². The molecule has 1 heterocycles. The number of nitrogens with zero attached hydrogens (tertiary/aromatic N) is 1. The molecule has 0 aromatic carbocycles. The van der Waals surface area contributed by atoms with Crippen molar-refractivity contribution >= 4 is 44.4 Å². The summed E-state index contributed by atoms with van der Waals surface area (Å²) in [6.45, 7) is 6.72. The Labute approximate surface area is 124 Å². The molecule has 100 valence electrons. The normalized spacial score (nSPS) is 12.7. The number of hydrogen-bond donors (Lipinski definition) is 2. The van der Waals surface area contributed by atoms with Gasteiger partial charge in [0.1, 0.15) is 4.60 Å². The molecule has 4 nitrogen and oxygen atoms in total. The quantitative estimate of drug-likeness (QED) is 0.618. The summed E-state index contributed by atoms with van der Waals surface area (Å²) < 4.78 is 6.80. The fourth-order valence-corrected chi connectivity index (χ4v) is 1.87. The summed E-state index contributed by atoms with van der Waals surface area (Å²) in [6.07, 6.45) is 1.57. The van der Waals surface area contributed by atoms with E-state index in [0.29, 0.717) is 14.5 Å². The Kier molecular flexibility index (Phi) is 5.00. The molecule has 1 aromatic heterocycles. The molecule has 0 aliphatic heterocycles. The third-order valence-corrected chi connectivity index (χ3v) is 4.09. The third-order valence-electron chi connectivity index (χ3n) is 3.00. The van der Waals surface area contributed by atoms with E-state index in [1.165, 1.54) is 0 Å². The van der Waals surface area contributed by atoms with E-state index in [9.17, 15) is 10.1 Å². The Morgan fingerprint density at radius 3 is 2.33 bits per heavy atom. The molecular weight excluding hydrogens is 365 g/mol. The second-order valence-electron chi connectivity index (χ2n) is 5.07. The molecule has 7 heteroatoms. The predicted molar refractivity (Wildman–Crippen MR) is 78.7 cm³/mol. The Balaban J connectivity index is 2.95. The molecular formula is C11H16BBr2NO3. The lowest BCUT2D eigenvalue weighted by Gasteiger charge is -2.38. The van der Waals surface area contributed by atoms with Crippen molar-refractivity contribution in [3.8, 4) is 0 Å². The first-order chi connectivity index (χ1) is 8.04. The zero-order chi connectivity index (χ0) is 14.1. The minimum atomic E-state index is -1.15. The number of aliphatic hydroxyl groups is 1. The SMILES string of the molecule is CC(C)(O)C(C)(C)OB(O)c1cc(Br)ncc1Br. The molecule has 0 radical (unpaired) electrons. The van der Waals surface area contributed by atoms with Crippen molar-refractivity contribution in [1.82, 2.24) is 4.98 Å². The number of rotatable bonds is 4. The van der Waals surface area contributed by atoms with E-state index in [4.69, 9.17) is 4.65 Å². The fraction of sp³-hybridized carbons (Fsp3) is 0.545. The van der Waals surface area contributed by atoms with Crippen LogP contribution in [0.2, 0.25) is 0 Å². The first kappa shape index (κ1) is 16.1. The lowest BCUT2D eigenvalue weighted by Crippen LogP contribution is -2.53. The standard InChI is InChI=1S/C11H16BBr2NO3/c1-10(2,16)11(3,4)18-12(17)7-5-9(14)15-6-8(7)13/h5-6,16-17H,1-4H3.